The summed E-state index contributed by atoms with van der Waals surface area (Å²) in [6.45, 7) is 1.22. The van der Waals surface area contributed by atoms with Crippen LogP contribution in [0.25, 0.3) is 0 Å². The van der Waals surface area contributed by atoms with Crippen molar-refractivity contribution in [3.05, 3.63) is 69.1 Å². The van der Waals surface area contributed by atoms with Crippen LogP contribution in [0.1, 0.15) is 6.92 Å². The molecule has 3 N–H and O–H groups in total. The lowest BCUT2D eigenvalue weighted by Gasteiger charge is -2.07. The second-order valence-electron chi connectivity index (χ2n) is 5.00. The maximum absolute atomic E-state index is 12.3. The van der Waals surface area contributed by atoms with Crippen LogP contribution < -0.4 is 5.32 Å². The van der Waals surface area contributed by atoms with Crippen LogP contribution in [-0.4, -0.2) is 21.0 Å². The fourth-order valence-corrected chi connectivity index (χ4v) is 2.02. The van der Waals surface area contributed by atoms with Gasteiger partial charge in [-0.15, -0.1) is 10.2 Å². The Balaban J connectivity index is 2.29. The molecule has 1 amide bonds. The Morgan fingerprint density at radius 1 is 1.27 bits per heavy atom. The fourth-order valence-electron chi connectivity index (χ4n) is 1.84. The summed E-state index contributed by atoms with van der Waals surface area (Å²) in [6.07, 6.45) is 0. The minimum absolute atomic E-state index is 0.233. The smallest absolute Gasteiger partial charge is 0.279 e. The molecule has 0 aliphatic heterocycles. The third-order valence-electron chi connectivity index (χ3n) is 3.11. The average Bonchev–Trinajstić information content (AvgIpc) is 2.58. The number of phenols is 1. The van der Waals surface area contributed by atoms with Crippen LogP contribution in [0.15, 0.2) is 64.1 Å². The summed E-state index contributed by atoms with van der Waals surface area (Å²) in [5.74, 6) is -1.62. The molecule has 134 valence electrons. The first-order valence-electron chi connectivity index (χ1n) is 7.14. The molecule has 0 aliphatic carbocycles. The number of azo groups is 1. The van der Waals surface area contributed by atoms with Crippen LogP contribution in [0.2, 0.25) is 5.02 Å². The summed E-state index contributed by atoms with van der Waals surface area (Å²) < 4.78 is 0. The van der Waals surface area contributed by atoms with Gasteiger partial charge in [-0.05, 0) is 25.1 Å². The molecule has 0 aliphatic rings. The third-order valence-corrected chi connectivity index (χ3v) is 3.44. The first kappa shape index (κ1) is 18.9. The van der Waals surface area contributed by atoms with E-state index in [9.17, 15) is 25.1 Å². The molecule has 9 nitrogen and oxygen atoms in total. The number of anilines is 1. The van der Waals surface area contributed by atoms with Gasteiger partial charge < -0.3 is 15.5 Å². The number of nitro groups is 1. The van der Waals surface area contributed by atoms with Gasteiger partial charge in [-0.25, -0.2) is 0 Å². The molecule has 0 saturated carbocycles. The van der Waals surface area contributed by atoms with Gasteiger partial charge in [0.15, 0.2) is 5.70 Å². The van der Waals surface area contributed by atoms with Crippen molar-refractivity contribution in [3.63, 3.8) is 0 Å². The van der Waals surface area contributed by atoms with Crippen LogP contribution in [0, 0.1) is 10.1 Å². The number of aliphatic hydroxyl groups is 1. The number of benzene rings is 2. The number of nitro benzene ring substituents is 1. The molecule has 0 atom stereocenters. The van der Waals surface area contributed by atoms with Gasteiger partial charge in [-0.1, -0.05) is 23.7 Å². The Labute approximate surface area is 152 Å². The molecule has 2 aromatic rings. The van der Waals surface area contributed by atoms with E-state index in [2.05, 4.69) is 15.5 Å². The summed E-state index contributed by atoms with van der Waals surface area (Å²) in [5.41, 5.74) is -0.700. The maximum Gasteiger partial charge on any atom is 0.279 e. The van der Waals surface area contributed by atoms with Gasteiger partial charge in [0.2, 0.25) is 0 Å². The molecule has 0 spiro atoms. The number of nitrogens with zero attached hydrogens (tertiary/aromatic N) is 3. The van der Waals surface area contributed by atoms with E-state index in [0.29, 0.717) is 5.69 Å². The van der Waals surface area contributed by atoms with E-state index >= 15 is 0 Å². The molecule has 0 aromatic heterocycles. The average molecular weight is 377 g/mol. The quantitative estimate of drug-likeness (QED) is 0.232. The molecule has 26 heavy (non-hydrogen) atoms. The Hall–Kier alpha value is -3.46. The monoisotopic (exact) mass is 376 g/mol. The summed E-state index contributed by atoms with van der Waals surface area (Å²) in [5, 5.41) is 40.1. The molecule has 0 radical (unpaired) electrons. The summed E-state index contributed by atoms with van der Waals surface area (Å²) in [6, 6.07) is 9.59. The number of carbonyl (C=O) groups excluding carboxylic acids is 1. The third kappa shape index (κ3) is 4.54. The fraction of sp³-hybridized carbons (Fsp3) is 0.0625. The molecule has 0 saturated heterocycles. The highest BCUT2D eigenvalue weighted by Gasteiger charge is 2.16. The maximum atomic E-state index is 12.3. The normalized spacial score (nSPS) is 11.9. The number of non-ortho nitro benzene ring substituents is 1. The van der Waals surface area contributed by atoms with Crippen molar-refractivity contribution in [2.45, 2.75) is 6.92 Å². The molecule has 2 aromatic carbocycles. The predicted molar refractivity (Wildman–Crippen MR) is 94.7 cm³/mol. The van der Waals surface area contributed by atoms with Crippen molar-refractivity contribution < 1.29 is 19.9 Å². The van der Waals surface area contributed by atoms with Gasteiger partial charge in [0, 0.05) is 12.1 Å². The van der Waals surface area contributed by atoms with Gasteiger partial charge in [-0.2, -0.15) is 0 Å². The van der Waals surface area contributed by atoms with Crippen LogP contribution in [0.4, 0.5) is 17.1 Å². The number of allylic oxidation sites excluding steroid dienone is 1. The Bertz CT molecular complexity index is 923. The largest absolute Gasteiger partial charge is 0.510 e. The lowest BCUT2D eigenvalue weighted by Crippen LogP contribution is -2.14. The van der Waals surface area contributed by atoms with Gasteiger partial charge in [0.25, 0.3) is 11.6 Å². The summed E-state index contributed by atoms with van der Waals surface area (Å²) in [7, 11) is 0. The SMILES string of the molecule is CC(O)=C(N=Nc1cc([N+](=O)[O-])ccc1O)C(=O)Nc1ccccc1Cl. The summed E-state index contributed by atoms with van der Waals surface area (Å²) in [4.78, 5) is 22.4. The molecule has 0 bridgehead atoms. The minimum Gasteiger partial charge on any atom is -0.510 e. The Kier molecular flexibility index (Phi) is 5.86. The molecule has 2 rings (SSSR count). The molecule has 0 fully saturated rings. The lowest BCUT2D eigenvalue weighted by molar-refractivity contribution is -0.384. The first-order chi connectivity index (χ1) is 12.3. The van der Waals surface area contributed by atoms with Crippen LogP contribution >= 0.6 is 11.6 Å². The second kappa shape index (κ2) is 8.08. The number of amides is 1. The lowest BCUT2D eigenvalue weighted by atomic mass is 10.2. The number of hydrogen-bond donors (Lipinski definition) is 3. The number of hydrogen-bond acceptors (Lipinski definition) is 7. The Morgan fingerprint density at radius 3 is 2.58 bits per heavy atom. The molecular weight excluding hydrogens is 364 g/mol. The van der Waals surface area contributed by atoms with Crippen LogP contribution in [-0.2, 0) is 4.79 Å². The van der Waals surface area contributed by atoms with Crippen molar-refractivity contribution in [3.8, 4) is 5.75 Å². The standard InChI is InChI=1S/C16H13ClN4O5/c1-9(22)15(16(24)18-12-5-3-2-4-11(12)17)20-19-13-8-10(21(25)26)6-7-14(13)23/h2-8,22-23H,1H3,(H,18,24). The zero-order valence-corrected chi connectivity index (χ0v) is 14.1. The van der Waals surface area contributed by atoms with E-state index in [1.807, 2.05) is 0 Å². The number of carbonyl (C=O) groups is 1. The zero-order valence-electron chi connectivity index (χ0n) is 13.4. The van der Waals surface area contributed by atoms with Gasteiger partial charge in [0.05, 0.1) is 15.6 Å². The number of nitrogens with one attached hydrogen (secondary N) is 1. The van der Waals surface area contributed by atoms with Crippen LogP contribution in [0.3, 0.4) is 0 Å². The number of aromatic hydroxyl groups is 1. The van der Waals surface area contributed by atoms with Gasteiger partial charge >= 0.3 is 0 Å². The van der Waals surface area contributed by atoms with E-state index in [0.717, 1.165) is 18.2 Å². The van der Waals surface area contributed by atoms with Crippen LogP contribution in [0.5, 0.6) is 5.75 Å². The summed E-state index contributed by atoms with van der Waals surface area (Å²) >= 11 is 5.95. The van der Waals surface area contributed by atoms with Crippen molar-refractivity contribution >= 4 is 34.6 Å². The predicted octanol–water partition coefficient (Wildman–Crippen LogP) is 4.47. The van der Waals surface area contributed by atoms with Gasteiger partial charge in [0.1, 0.15) is 17.2 Å². The van der Waals surface area contributed by atoms with E-state index in [1.165, 1.54) is 6.92 Å². The number of halogens is 1. The zero-order chi connectivity index (χ0) is 19.3. The molecule has 0 unspecified atom stereocenters. The van der Waals surface area contributed by atoms with E-state index in [-0.39, 0.29) is 22.1 Å². The number of rotatable bonds is 5. The van der Waals surface area contributed by atoms with E-state index in [1.54, 1.807) is 24.3 Å². The van der Waals surface area contributed by atoms with Crippen molar-refractivity contribution in [2.75, 3.05) is 5.32 Å². The highest BCUT2D eigenvalue weighted by atomic mass is 35.5. The minimum atomic E-state index is -0.799. The van der Waals surface area contributed by atoms with Gasteiger partial charge in [-0.3, -0.25) is 14.9 Å². The first-order valence-corrected chi connectivity index (χ1v) is 7.52. The van der Waals surface area contributed by atoms with E-state index < -0.39 is 22.3 Å². The highest BCUT2D eigenvalue weighted by Crippen LogP contribution is 2.31. The molecule has 10 heteroatoms. The number of para-hydroxylation sites is 1. The topological polar surface area (TPSA) is 137 Å². The highest BCUT2D eigenvalue weighted by molar-refractivity contribution is 6.33. The number of aliphatic hydroxyl groups excluding tert-OH is 1. The van der Waals surface area contributed by atoms with E-state index in [4.69, 9.17) is 11.6 Å². The number of phenolic OH excluding ortho intramolecular Hbond substituents is 1. The van der Waals surface area contributed by atoms with Crippen molar-refractivity contribution in [1.29, 1.82) is 0 Å². The van der Waals surface area contributed by atoms with Crippen molar-refractivity contribution in [1.82, 2.24) is 0 Å². The second-order valence-corrected chi connectivity index (χ2v) is 5.41. The molecular formula is C16H13ClN4O5. The Morgan fingerprint density at radius 2 is 1.96 bits per heavy atom. The molecule has 0 heterocycles. The van der Waals surface area contributed by atoms with Crippen molar-refractivity contribution in [2.24, 2.45) is 10.2 Å².